The van der Waals surface area contributed by atoms with Crippen LogP contribution in [0, 0.1) is 0 Å². The van der Waals surface area contributed by atoms with Gasteiger partial charge in [-0.2, -0.15) is 0 Å². The number of sulfone groups is 1. The van der Waals surface area contributed by atoms with E-state index in [-0.39, 0.29) is 4.90 Å². The second kappa shape index (κ2) is 4.82. The highest BCUT2D eigenvalue weighted by Crippen LogP contribution is 2.31. The molecule has 94 valence electrons. The van der Waals surface area contributed by atoms with E-state index in [0.29, 0.717) is 5.75 Å². The molecule has 0 aliphatic carbocycles. The minimum absolute atomic E-state index is 0.263. The van der Waals surface area contributed by atoms with E-state index in [1.54, 1.807) is 18.2 Å². The molecule has 3 nitrogen and oxygen atoms in total. The van der Waals surface area contributed by atoms with Crippen LogP contribution in [0.2, 0.25) is 0 Å². The lowest BCUT2D eigenvalue weighted by Gasteiger charge is -2.10. The Balaban J connectivity index is 2.58. The fourth-order valence-corrected chi connectivity index (χ4v) is 2.39. The quantitative estimate of drug-likeness (QED) is 0.854. The van der Waals surface area contributed by atoms with Crippen LogP contribution in [0.15, 0.2) is 53.4 Å². The van der Waals surface area contributed by atoms with Crippen molar-refractivity contribution in [1.82, 2.24) is 0 Å². The molecule has 0 fully saturated rings. The summed E-state index contributed by atoms with van der Waals surface area (Å²) in [6.45, 7) is 0. The minimum Gasteiger partial charge on any atom is -0.496 e. The fourth-order valence-electron chi connectivity index (χ4n) is 1.76. The summed E-state index contributed by atoms with van der Waals surface area (Å²) in [6.07, 6.45) is 1.18. The largest absolute Gasteiger partial charge is 0.496 e. The van der Waals surface area contributed by atoms with Gasteiger partial charge in [-0.1, -0.05) is 30.3 Å². The fraction of sp³-hybridized carbons (Fsp3) is 0.143. The normalized spacial score (nSPS) is 11.2. The van der Waals surface area contributed by atoms with Crippen LogP contribution in [0.25, 0.3) is 11.1 Å². The second-order valence-electron chi connectivity index (χ2n) is 4.00. The average molecular weight is 262 g/mol. The molecule has 0 amide bonds. The van der Waals surface area contributed by atoms with E-state index in [9.17, 15) is 8.42 Å². The maximum Gasteiger partial charge on any atom is 0.175 e. The first-order valence-corrected chi connectivity index (χ1v) is 7.35. The van der Waals surface area contributed by atoms with Gasteiger partial charge in [0.05, 0.1) is 12.0 Å². The van der Waals surface area contributed by atoms with Gasteiger partial charge in [-0.3, -0.25) is 0 Å². The first-order valence-electron chi connectivity index (χ1n) is 5.46. The molecule has 0 aromatic heterocycles. The van der Waals surface area contributed by atoms with Gasteiger partial charge >= 0.3 is 0 Å². The molecule has 0 bridgehead atoms. The standard InChI is InChI=1S/C14H14O3S/c1-17-14-10-12(18(2,15)16)8-9-13(14)11-6-4-3-5-7-11/h3-10H,1-2H3. The first kappa shape index (κ1) is 12.6. The van der Waals surface area contributed by atoms with Crippen LogP contribution in [-0.4, -0.2) is 21.8 Å². The molecule has 0 unspecified atom stereocenters. The van der Waals surface area contributed by atoms with Gasteiger partial charge < -0.3 is 4.74 Å². The monoisotopic (exact) mass is 262 g/mol. The van der Waals surface area contributed by atoms with Crippen LogP contribution >= 0.6 is 0 Å². The van der Waals surface area contributed by atoms with E-state index in [2.05, 4.69) is 0 Å². The van der Waals surface area contributed by atoms with E-state index < -0.39 is 9.84 Å². The molecule has 2 rings (SSSR count). The van der Waals surface area contributed by atoms with Crippen molar-refractivity contribution in [1.29, 1.82) is 0 Å². The Morgan fingerprint density at radius 1 is 1.00 bits per heavy atom. The predicted molar refractivity (Wildman–Crippen MR) is 71.5 cm³/mol. The van der Waals surface area contributed by atoms with Gasteiger partial charge in [-0.05, 0) is 23.8 Å². The molecular weight excluding hydrogens is 248 g/mol. The number of hydrogen-bond donors (Lipinski definition) is 0. The topological polar surface area (TPSA) is 43.4 Å². The van der Waals surface area contributed by atoms with Gasteiger partial charge in [0.2, 0.25) is 0 Å². The van der Waals surface area contributed by atoms with E-state index in [1.165, 1.54) is 13.4 Å². The van der Waals surface area contributed by atoms with Crippen LogP contribution in [-0.2, 0) is 9.84 Å². The zero-order valence-corrected chi connectivity index (χ0v) is 11.1. The lowest BCUT2D eigenvalue weighted by atomic mass is 10.1. The molecule has 2 aromatic carbocycles. The minimum atomic E-state index is -3.21. The van der Waals surface area contributed by atoms with Crippen molar-refractivity contribution >= 4 is 9.84 Å². The molecule has 4 heteroatoms. The van der Waals surface area contributed by atoms with E-state index >= 15 is 0 Å². The lowest BCUT2D eigenvalue weighted by molar-refractivity contribution is 0.415. The number of benzene rings is 2. The van der Waals surface area contributed by atoms with E-state index in [0.717, 1.165) is 11.1 Å². The Bertz CT molecular complexity index is 646. The highest BCUT2D eigenvalue weighted by molar-refractivity contribution is 7.90. The summed E-state index contributed by atoms with van der Waals surface area (Å²) in [5.74, 6) is 0.559. The zero-order chi connectivity index (χ0) is 13.2. The second-order valence-corrected chi connectivity index (χ2v) is 6.02. The molecule has 0 aliphatic rings. The van der Waals surface area contributed by atoms with Crippen molar-refractivity contribution in [3.05, 3.63) is 48.5 Å². The average Bonchev–Trinajstić information content (AvgIpc) is 2.38. The molecule has 0 aliphatic heterocycles. The predicted octanol–water partition coefficient (Wildman–Crippen LogP) is 2.77. The highest BCUT2D eigenvalue weighted by atomic mass is 32.2. The smallest absolute Gasteiger partial charge is 0.175 e. The number of rotatable bonds is 3. The Hall–Kier alpha value is -1.81. The van der Waals surface area contributed by atoms with Crippen molar-refractivity contribution < 1.29 is 13.2 Å². The number of ether oxygens (including phenoxy) is 1. The van der Waals surface area contributed by atoms with Crippen LogP contribution in [0.3, 0.4) is 0 Å². The van der Waals surface area contributed by atoms with E-state index in [4.69, 9.17) is 4.74 Å². The summed E-state index contributed by atoms with van der Waals surface area (Å²) in [6, 6.07) is 14.6. The highest BCUT2D eigenvalue weighted by Gasteiger charge is 2.12. The van der Waals surface area contributed by atoms with Crippen molar-refractivity contribution in [2.45, 2.75) is 4.90 Å². The van der Waals surface area contributed by atoms with Gasteiger partial charge in [-0.25, -0.2) is 8.42 Å². The van der Waals surface area contributed by atoms with Gasteiger partial charge in [-0.15, -0.1) is 0 Å². The van der Waals surface area contributed by atoms with Crippen LogP contribution in [0.1, 0.15) is 0 Å². The van der Waals surface area contributed by atoms with Gasteiger partial charge in [0.15, 0.2) is 9.84 Å². The molecule has 0 saturated heterocycles. The van der Waals surface area contributed by atoms with Gasteiger partial charge in [0, 0.05) is 11.8 Å². The molecule has 0 atom stereocenters. The van der Waals surface area contributed by atoms with Crippen molar-refractivity contribution in [3.63, 3.8) is 0 Å². The van der Waals surface area contributed by atoms with Crippen LogP contribution in [0.4, 0.5) is 0 Å². The summed E-state index contributed by atoms with van der Waals surface area (Å²) < 4.78 is 28.3. The van der Waals surface area contributed by atoms with E-state index in [1.807, 2.05) is 30.3 Å². The molecule has 0 heterocycles. The summed E-state index contributed by atoms with van der Waals surface area (Å²) in [5, 5.41) is 0. The Morgan fingerprint density at radius 3 is 2.22 bits per heavy atom. The molecule has 0 N–H and O–H groups in total. The summed E-state index contributed by atoms with van der Waals surface area (Å²) in [5.41, 5.74) is 1.87. The summed E-state index contributed by atoms with van der Waals surface area (Å²) in [4.78, 5) is 0.263. The summed E-state index contributed by atoms with van der Waals surface area (Å²) >= 11 is 0. The van der Waals surface area contributed by atoms with Crippen LogP contribution < -0.4 is 4.74 Å². The molecule has 0 spiro atoms. The Kier molecular flexibility index (Phi) is 3.39. The van der Waals surface area contributed by atoms with Crippen molar-refractivity contribution in [2.75, 3.05) is 13.4 Å². The third-order valence-corrected chi connectivity index (χ3v) is 3.80. The zero-order valence-electron chi connectivity index (χ0n) is 10.3. The maximum atomic E-state index is 11.5. The number of hydrogen-bond acceptors (Lipinski definition) is 3. The Labute approximate surface area is 107 Å². The summed E-state index contributed by atoms with van der Waals surface area (Å²) in [7, 11) is -1.68. The van der Waals surface area contributed by atoms with Gasteiger partial charge in [0.25, 0.3) is 0 Å². The molecule has 0 radical (unpaired) electrons. The number of methoxy groups -OCH3 is 1. The Morgan fingerprint density at radius 2 is 1.67 bits per heavy atom. The molecule has 0 saturated carbocycles. The SMILES string of the molecule is COc1cc(S(C)(=O)=O)ccc1-c1ccccc1. The maximum absolute atomic E-state index is 11.5. The molecule has 18 heavy (non-hydrogen) atoms. The van der Waals surface area contributed by atoms with Crippen molar-refractivity contribution in [2.24, 2.45) is 0 Å². The third-order valence-electron chi connectivity index (χ3n) is 2.69. The van der Waals surface area contributed by atoms with Crippen molar-refractivity contribution in [3.8, 4) is 16.9 Å². The molecule has 2 aromatic rings. The van der Waals surface area contributed by atoms with Gasteiger partial charge in [0.1, 0.15) is 5.75 Å². The third kappa shape index (κ3) is 2.54. The first-order chi connectivity index (χ1) is 8.52. The molecular formula is C14H14O3S. The lowest BCUT2D eigenvalue weighted by Crippen LogP contribution is -1.98. The van der Waals surface area contributed by atoms with Crippen LogP contribution in [0.5, 0.6) is 5.75 Å².